The Morgan fingerprint density at radius 3 is 2.56 bits per heavy atom. The lowest BCUT2D eigenvalue weighted by Crippen LogP contribution is -2.46. The zero-order valence-corrected chi connectivity index (χ0v) is 23.7. The summed E-state index contributed by atoms with van der Waals surface area (Å²) >= 11 is 6.80. The van der Waals surface area contributed by atoms with Crippen LogP contribution < -0.4 is 9.46 Å². The van der Waals surface area contributed by atoms with Crippen molar-refractivity contribution < 1.29 is 31.5 Å². The minimum Gasteiger partial charge on any atom is -0.490 e. The van der Waals surface area contributed by atoms with E-state index in [0.717, 1.165) is 23.4 Å². The number of piperidine rings is 1. The molecule has 0 aliphatic carbocycles. The van der Waals surface area contributed by atoms with Crippen LogP contribution >= 0.6 is 23.1 Å². The third kappa shape index (κ3) is 7.34. The van der Waals surface area contributed by atoms with Gasteiger partial charge in [0, 0.05) is 47.7 Å². The van der Waals surface area contributed by atoms with E-state index < -0.39 is 44.0 Å². The number of hydrogen-bond acceptors (Lipinski definition) is 8. The SMILES string of the molecule is CC(C)(C)OC(=O)N1CCC(c2ccc(Cl)cc2)[C@H](COc2cc(F)c(S(=O)(=O)Nc3ncns3)cc2F)C1. The molecule has 1 saturated heterocycles. The van der Waals surface area contributed by atoms with Gasteiger partial charge in [0.05, 0.1) is 6.61 Å². The number of ether oxygens (including phenoxy) is 2. The molecule has 1 aliphatic heterocycles. The molecule has 2 heterocycles. The maximum absolute atomic E-state index is 14.9. The summed E-state index contributed by atoms with van der Waals surface area (Å²) in [5.41, 5.74) is 0.289. The third-order valence-corrected chi connectivity index (χ3v) is 8.31. The van der Waals surface area contributed by atoms with Crippen molar-refractivity contribution in [2.24, 2.45) is 5.92 Å². The number of amides is 1. The Morgan fingerprint density at radius 1 is 1.21 bits per heavy atom. The van der Waals surface area contributed by atoms with Gasteiger partial charge in [-0.15, -0.1) is 0 Å². The number of rotatable bonds is 7. The summed E-state index contributed by atoms with van der Waals surface area (Å²) in [4.78, 5) is 17.1. The lowest BCUT2D eigenvalue weighted by molar-refractivity contribution is 0.0110. The van der Waals surface area contributed by atoms with Crippen LogP contribution in [0.3, 0.4) is 0 Å². The molecule has 1 fully saturated rings. The topological polar surface area (TPSA) is 111 Å². The lowest BCUT2D eigenvalue weighted by Gasteiger charge is -2.39. The number of sulfonamides is 1. The van der Waals surface area contributed by atoms with Crippen LogP contribution in [0.15, 0.2) is 47.6 Å². The zero-order valence-electron chi connectivity index (χ0n) is 21.4. The molecule has 0 radical (unpaired) electrons. The van der Waals surface area contributed by atoms with E-state index in [2.05, 4.69) is 14.1 Å². The highest BCUT2D eigenvalue weighted by atomic mass is 35.5. The maximum Gasteiger partial charge on any atom is 0.410 e. The van der Waals surface area contributed by atoms with Crippen LogP contribution in [0.5, 0.6) is 5.75 Å². The van der Waals surface area contributed by atoms with Gasteiger partial charge in [-0.1, -0.05) is 23.7 Å². The Hall–Kier alpha value is -3.03. The van der Waals surface area contributed by atoms with E-state index in [-0.39, 0.29) is 30.1 Å². The molecule has 2 aromatic carbocycles. The Balaban J connectivity index is 1.54. The predicted molar refractivity (Wildman–Crippen MR) is 143 cm³/mol. The minimum absolute atomic E-state index is 0.0652. The molecule has 14 heteroatoms. The fourth-order valence-corrected chi connectivity index (χ4v) is 6.11. The highest BCUT2D eigenvalue weighted by Crippen LogP contribution is 2.35. The molecule has 4 rings (SSSR count). The number of carbonyl (C=O) groups excluding carboxylic acids is 1. The Morgan fingerprint density at radius 2 is 1.92 bits per heavy atom. The van der Waals surface area contributed by atoms with Crippen molar-refractivity contribution in [3.8, 4) is 5.75 Å². The van der Waals surface area contributed by atoms with E-state index in [9.17, 15) is 22.0 Å². The fraction of sp³-hybridized carbons (Fsp3) is 0.400. The molecule has 3 aromatic rings. The number of nitrogens with zero attached hydrogens (tertiary/aromatic N) is 3. The van der Waals surface area contributed by atoms with Gasteiger partial charge >= 0.3 is 6.09 Å². The number of halogens is 3. The van der Waals surface area contributed by atoms with Gasteiger partial charge in [-0.2, -0.15) is 4.37 Å². The minimum atomic E-state index is -4.45. The predicted octanol–water partition coefficient (Wildman–Crippen LogP) is 5.69. The molecular formula is C25H27ClF2N4O5S2. The number of nitrogens with one attached hydrogen (secondary N) is 1. The Bertz CT molecular complexity index is 1420. The first-order valence-electron chi connectivity index (χ1n) is 12.0. The number of likely N-dealkylation sites (tertiary alicyclic amines) is 1. The number of carbonyl (C=O) groups is 1. The third-order valence-electron chi connectivity index (χ3n) is 6.00. The molecular weight excluding hydrogens is 574 g/mol. The summed E-state index contributed by atoms with van der Waals surface area (Å²) in [5, 5.41) is 0.487. The molecule has 1 amide bonds. The van der Waals surface area contributed by atoms with E-state index in [4.69, 9.17) is 21.1 Å². The monoisotopic (exact) mass is 600 g/mol. The molecule has 9 nitrogen and oxygen atoms in total. The standard InChI is InChI=1S/C25H27ClF2N4O5S2/c1-25(2,3)37-24(33)32-9-8-18(15-4-6-17(26)7-5-15)16(12-32)13-36-21-10-20(28)22(11-19(21)27)39(34,35)31-23-29-14-30-38-23/h4-7,10-11,14,16,18H,8-9,12-13H2,1-3H3,(H,29,30,31)/t16-,18?/m0/s1. The molecule has 0 bridgehead atoms. The zero-order chi connectivity index (χ0) is 28.4. The number of benzene rings is 2. The van der Waals surface area contributed by atoms with Crippen molar-refractivity contribution in [3.63, 3.8) is 0 Å². The summed E-state index contributed by atoms with van der Waals surface area (Å²) in [7, 11) is -4.45. The average molecular weight is 601 g/mol. The summed E-state index contributed by atoms with van der Waals surface area (Å²) in [6.45, 7) is 5.95. The molecule has 210 valence electrons. The number of hydrogen-bond donors (Lipinski definition) is 1. The van der Waals surface area contributed by atoms with E-state index >= 15 is 0 Å². The van der Waals surface area contributed by atoms with E-state index in [1.807, 2.05) is 12.1 Å². The first-order chi connectivity index (χ1) is 18.3. The van der Waals surface area contributed by atoms with Gasteiger partial charge in [0.15, 0.2) is 11.6 Å². The molecule has 1 aromatic heterocycles. The Kier molecular flexibility index (Phi) is 8.62. The van der Waals surface area contributed by atoms with Gasteiger partial charge in [0.2, 0.25) is 5.13 Å². The van der Waals surface area contributed by atoms with Gasteiger partial charge in [-0.05, 0) is 50.8 Å². The van der Waals surface area contributed by atoms with Crippen LogP contribution in [-0.4, -0.2) is 54.1 Å². The van der Waals surface area contributed by atoms with Gasteiger partial charge in [-0.25, -0.2) is 27.0 Å². The quantitative estimate of drug-likeness (QED) is 0.371. The maximum atomic E-state index is 14.9. The van der Waals surface area contributed by atoms with Crippen molar-refractivity contribution in [3.05, 3.63) is 64.9 Å². The number of aromatic nitrogens is 2. The number of anilines is 1. The van der Waals surface area contributed by atoms with Crippen molar-refractivity contribution >= 4 is 44.4 Å². The second-order valence-electron chi connectivity index (χ2n) is 10.0. The van der Waals surface area contributed by atoms with E-state index in [1.54, 1.807) is 37.8 Å². The summed E-state index contributed by atoms with van der Waals surface area (Å²) < 4.78 is 71.8. The van der Waals surface area contributed by atoms with Crippen LogP contribution in [0.25, 0.3) is 0 Å². The van der Waals surface area contributed by atoms with Crippen LogP contribution in [0.4, 0.5) is 18.7 Å². The van der Waals surface area contributed by atoms with Crippen molar-refractivity contribution in [1.29, 1.82) is 0 Å². The summed E-state index contributed by atoms with van der Waals surface area (Å²) in [5.74, 6) is -3.08. The van der Waals surface area contributed by atoms with Crippen molar-refractivity contribution in [1.82, 2.24) is 14.3 Å². The highest BCUT2D eigenvalue weighted by molar-refractivity contribution is 7.93. The molecule has 0 spiro atoms. The van der Waals surface area contributed by atoms with Crippen molar-refractivity contribution in [2.45, 2.75) is 43.6 Å². The molecule has 2 atom stereocenters. The molecule has 1 aliphatic rings. The second kappa shape index (κ2) is 11.6. The summed E-state index contributed by atoms with van der Waals surface area (Å²) in [6.07, 6.45) is 1.24. The molecule has 39 heavy (non-hydrogen) atoms. The van der Waals surface area contributed by atoms with Crippen LogP contribution in [0.1, 0.15) is 38.7 Å². The van der Waals surface area contributed by atoms with Crippen LogP contribution in [0.2, 0.25) is 5.02 Å². The second-order valence-corrected chi connectivity index (χ2v) is 12.9. The van der Waals surface area contributed by atoms with E-state index in [1.165, 1.54) is 0 Å². The Labute approximate surface area is 234 Å². The van der Waals surface area contributed by atoms with Gasteiger partial charge < -0.3 is 14.4 Å². The van der Waals surface area contributed by atoms with Crippen LogP contribution in [0, 0.1) is 17.6 Å². The largest absolute Gasteiger partial charge is 0.490 e. The lowest BCUT2D eigenvalue weighted by atomic mass is 9.81. The molecule has 1 N–H and O–H groups in total. The normalized spacial score (nSPS) is 18.1. The van der Waals surface area contributed by atoms with Gasteiger partial charge in [-0.3, -0.25) is 4.72 Å². The summed E-state index contributed by atoms with van der Waals surface area (Å²) in [6, 6.07) is 8.54. The molecule has 1 unspecified atom stereocenters. The first kappa shape index (κ1) is 29.0. The van der Waals surface area contributed by atoms with Crippen LogP contribution in [-0.2, 0) is 14.8 Å². The van der Waals surface area contributed by atoms with E-state index in [0.29, 0.717) is 30.1 Å². The van der Waals surface area contributed by atoms with Gasteiger partial charge in [0.1, 0.15) is 22.6 Å². The van der Waals surface area contributed by atoms with Crippen molar-refractivity contribution in [2.75, 3.05) is 24.4 Å². The highest BCUT2D eigenvalue weighted by Gasteiger charge is 2.35. The average Bonchev–Trinajstić information content (AvgIpc) is 3.36. The fourth-order valence-electron chi connectivity index (χ4n) is 4.25. The smallest absolute Gasteiger partial charge is 0.410 e. The molecule has 0 saturated carbocycles. The first-order valence-corrected chi connectivity index (χ1v) is 14.6. The van der Waals surface area contributed by atoms with Gasteiger partial charge in [0.25, 0.3) is 10.0 Å².